The molecule has 0 fully saturated rings. The molecule has 26 heavy (non-hydrogen) atoms. The van der Waals surface area contributed by atoms with Crippen LogP contribution in [0, 0.1) is 0 Å². The minimum atomic E-state index is -0.333. The molecule has 1 unspecified atom stereocenters. The fraction of sp³-hybridized carbons (Fsp3) is 0.263. The van der Waals surface area contributed by atoms with E-state index in [1.165, 1.54) is 0 Å². The highest BCUT2D eigenvalue weighted by Crippen LogP contribution is 2.36. The van der Waals surface area contributed by atoms with Crippen LogP contribution in [0.1, 0.15) is 25.6 Å². The summed E-state index contributed by atoms with van der Waals surface area (Å²) in [6.07, 6.45) is -0.271. The number of ether oxygens (including phenoxy) is 2. The smallest absolute Gasteiger partial charge is 0.212 e. The Morgan fingerprint density at radius 2 is 1.96 bits per heavy atom. The second kappa shape index (κ2) is 6.25. The molecule has 1 aliphatic rings. The number of aliphatic imine (C=N–C) groups is 1. The molecule has 0 saturated carbocycles. The van der Waals surface area contributed by atoms with E-state index in [1.54, 1.807) is 7.11 Å². The molecule has 3 N–H and O–H groups in total. The summed E-state index contributed by atoms with van der Waals surface area (Å²) in [4.78, 5) is 9.21. The Bertz CT molecular complexity index is 993. The highest BCUT2D eigenvalue weighted by Gasteiger charge is 2.26. The summed E-state index contributed by atoms with van der Waals surface area (Å²) >= 11 is 0. The molecule has 0 aliphatic carbocycles. The molecular weight excluding hydrogens is 330 g/mol. The van der Waals surface area contributed by atoms with Crippen LogP contribution in [0.5, 0.6) is 11.5 Å². The predicted molar refractivity (Wildman–Crippen MR) is 102 cm³/mol. The van der Waals surface area contributed by atoms with E-state index in [1.807, 2.05) is 60.9 Å². The van der Waals surface area contributed by atoms with Gasteiger partial charge >= 0.3 is 0 Å². The number of guanidine groups is 1. The van der Waals surface area contributed by atoms with Crippen molar-refractivity contribution in [2.75, 3.05) is 12.4 Å². The molecule has 0 bridgehead atoms. The zero-order valence-corrected chi connectivity index (χ0v) is 14.9. The second-order valence-corrected chi connectivity index (χ2v) is 6.38. The molecule has 0 radical (unpaired) electrons. The molecular formula is C19H21N5O2. The number of hydrogen-bond acceptors (Lipinski definition) is 6. The first-order valence-electron chi connectivity index (χ1n) is 8.48. The van der Waals surface area contributed by atoms with Crippen LogP contribution in [0.2, 0.25) is 0 Å². The molecule has 0 amide bonds. The molecule has 2 heterocycles. The van der Waals surface area contributed by atoms with Crippen molar-refractivity contribution in [1.82, 2.24) is 9.55 Å². The van der Waals surface area contributed by atoms with Gasteiger partial charge in [0, 0.05) is 5.56 Å². The highest BCUT2D eigenvalue weighted by atomic mass is 16.5. The Morgan fingerprint density at radius 1 is 1.15 bits per heavy atom. The van der Waals surface area contributed by atoms with E-state index in [0.29, 0.717) is 23.4 Å². The van der Waals surface area contributed by atoms with Gasteiger partial charge in [-0.2, -0.15) is 0 Å². The molecule has 1 aromatic heterocycles. The average Bonchev–Trinajstić information content (AvgIpc) is 2.99. The van der Waals surface area contributed by atoms with Crippen molar-refractivity contribution in [3.63, 3.8) is 0 Å². The van der Waals surface area contributed by atoms with Crippen LogP contribution in [0.3, 0.4) is 0 Å². The summed E-state index contributed by atoms with van der Waals surface area (Å²) < 4.78 is 13.4. The van der Waals surface area contributed by atoms with Gasteiger partial charge in [-0.05, 0) is 38.1 Å². The van der Waals surface area contributed by atoms with Crippen molar-refractivity contribution >= 4 is 22.9 Å². The summed E-state index contributed by atoms with van der Waals surface area (Å²) in [5.74, 6) is 2.37. The van der Waals surface area contributed by atoms with E-state index in [9.17, 15) is 0 Å². The van der Waals surface area contributed by atoms with Crippen LogP contribution in [0.4, 0.5) is 5.95 Å². The van der Waals surface area contributed by atoms with Gasteiger partial charge in [-0.25, -0.2) is 9.98 Å². The van der Waals surface area contributed by atoms with Gasteiger partial charge in [0.15, 0.2) is 23.6 Å². The first kappa shape index (κ1) is 16.3. The van der Waals surface area contributed by atoms with Gasteiger partial charge in [0.25, 0.3) is 0 Å². The topological polar surface area (TPSA) is 86.7 Å². The first-order chi connectivity index (χ1) is 12.6. The number of nitrogens with zero attached hydrogens (tertiary/aromatic N) is 3. The third-order valence-corrected chi connectivity index (χ3v) is 4.19. The number of imidazole rings is 1. The summed E-state index contributed by atoms with van der Waals surface area (Å²) in [5.41, 5.74) is 8.80. The number of rotatable bonds is 4. The predicted octanol–water partition coefficient (Wildman–Crippen LogP) is 3.12. The van der Waals surface area contributed by atoms with Crippen LogP contribution in [0.15, 0.2) is 47.5 Å². The lowest BCUT2D eigenvalue weighted by Gasteiger charge is -2.24. The number of hydrogen-bond donors (Lipinski definition) is 2. The average molecular weight is 351 g/mol. The van der Waals surface area contributed by atoms with Crippen molar-refractivity contribution in [2.24, 2.45) is 10.7 Å². The maximum absolute atomic E-state index is 6.00. The largest absolute Gasteiger partial charge is 0.493 e. The van der Waals surface area contributed by atoms with Crippen molar-refractivity contribution in [2.45, 2.75) is 26.1 Å². The summed E-state index contributed by atoms with van der Waals surface area (Å²) in [5, 5.41) is 3.04. The minimum absolute atomic E-state index is 0.0616. The fourth-order valence-corrected chi connectivity index (χ4v) is 3.14. The lowest BCUT2D eigenvalue weighted by atomic mass is 10.1. The number of fused-ring (bicyclic) bond motifs is 3. The van der Waals surface area contributed by atoms with Gasteiger partial charge in [-0.3, -0.25) is 9.88 Å². The molecule has 0 saturated heterocycles. The monoisotopic (exact) mass is 351 g/mol. The van der Waals surface area contributed by atoms with E-state index in [4.69, 9.17) is 15.2 Å². The Balaban J connectivity index is 1.84. The van der Waals surface area contributed by atoms with Crippen LogP contribution in [-0.2, 0) is 0 Å². The Labute approximate surface area is 151 Å². The highest BCUT2D eigenvalue weighted by molar-refractivity contribution is 5.94. The lowest BCUT2D eigenvalue weighted by Crippen LogP contribution is -2.31. The number of nitrogens with one attached hydrogen (secondary N) is 1. The number of methoxy groups -OCH3 is 1. The molecule has 7 heteroatoms. The molecule has 1 atom stereocenters. The van der Waals surface area contributed by atoms with E-state index >= 15 is 0 Å². The Kier molecular flexibility index (Phi) is 3.91. The van der Waals surface area contributed by atoms with Crippen molar-refractivity contribution in [1.29, 1.82) is 0 Å². The van der Waals surface area contributed by atoms with Gasteiger partial charge in [-0.15, -0.1) is 0 Å². The van der Waals surface area contributed by atoms with Gasteiger partial charge in [0.1, 0.15) is 0 Å². The third-order valence-electron chi connectivity index (χ3n) is 4.19. The maximum Gasteiger partial charge on any atom is 0.212 e. The number of aromatic nitrogens is 2. The summed E-state index contributed by atoms with van der Waals surface area (Å²) in [6.45, 7) is 3.96. The molecule has 7 nitrogen and oxygen atoms in total. The van der Waals surface area contributed by atoms with Gasteiger partial charge in [0.2, 0.25) is 5.95 Å². The molecule has 134 valence electrons. The van der Waals surface area contributed by atoms with E-state index in [-0.39, 0.29) is 12.3 Å². The number of nitrogens with two attached hydrogens (primary N) is 1. The normalized spacial score (nSPS) is 16.2. The van der Waals surface area contributed by atoms with E-state index < -0.39 is 0 Å². The summed E-state index contributed by atoms with van der Waals surface area (Å²) in [6, 6.07) is 13.7. The van der Waals surface area contributed by atoms with E-state index in [2.05, 4.69) is 15.3 Å². The van der Waals surface area contributed by atoms with Gasteiger partial charge in [-0.1, -0.05) is 18.2 Å². The summed E-state index contributed by atoms with van der Waals surface area (Å²) in [7, 11) is 1.63. The Hall–Kier alpha value is -3.22. The fourth-order valence-electron chi connectivity index (χ4n) is 3.14. The number of benzene rings is 2. The molecule has 4 rings (SSSR count). The first-order valence-corrected chi connectivity index (χ1v) is 8.48. The van der Waals surface area contributed by atoms with Gasteiger partial charge < -0.3 is 15.2 Å². The van der Waals surface area contributed by atoms with Crippen molar-refractivity contribution in [3.05, 3.63) is 48.0 Å². The third kappa shape index (κ3) is 2.71. The van der Waals surface area contributed by atoms with Gasteiger partial charge in [0.05, 0.1) is 24.2 Å². The molecule has 0 spiro atoms. The maximum atomic E-state index is 6.00. The number of para-hydroxylation sites is 2. The molecule has 1 aliphatic heterocycles. The standard InChI is InChI=1S/C19H21N5O2/c1-11(2)26-15-9-8-12(10-16(15)25-3)17-22-18(20)23-19-21-13-6-4-5-7-14(13)24(17)19/h4-11,17H,1-3H3,(H3,20,21,22,23). The second-order valence-electron chi connectivity index (χ2n) is 6.38. The van der Waals surface area contributed by atoms with Crippen LogP contribution in [-0.4, -0.2) is 28.7 Å². The molecule has 2 aromatic carbocycles. The quantitative estimate of drug-likeness (QED) is 0.754. The van der Waals surface area contributed by atoms with Crippen LogP contribution in [0.25, 0.3) is 11.0 Å². The Morgan fingerprint density at radius 3 is 2.73 bits per heavy atom. The van der Waals surface area contributed by atoms with Crippen LogP contribution >= 0.6 is 0 Å². The van der Waals surface area contributed by atoms with E-state index in [0.717, 1.165) is 16.6 Å². The minimum Gasteiger partial charge on any atom is -0.493 e. The zero-order chi connectivity index (χ0) is 18.3. The number of anilines is 1. The van der Waals surface area contributed by atoms with Crippen molar-refractivity contribution < 1.29 is 9.47 Å². The van der Waals surface area contributed by atoms with Crippen molar-refractivity contribution in [3.8, 4) is 11.5 Å². The zero-order valence-electron chi connectivity index (χ0n) is 14.9. The molecule has 3 aromatic rings. The van der Waals surface area contributed by atoms with Crippen LogP contribution < -0.4 is 20.5 Å². The lowest BCUT2D eigenvalue weighted by molar-refractivity contribution is 0.230. The SMILES string of the molecule is COc1cc(C2N=C(N)Nc3nc4ccccc4n32)ccc1OC(C)C.